The maximum atomic E-state index is 3.05. The largest absolute Gasteiger partial charge is 0.286 e. The van der Waals surface area contributed by atoms with Gasteiger partial charge < -0.3 is 0 Å². The van der Waals surface area contributed by atoms with E-state index in [9.17, 15) is 0 Å². The van der Waals surface area contributed by atoms with E-state index in [1.807, 2.05) is 37.3 Å². The van der Waals surface area contributed by atoms with Gasteiger partial charge in [-0.3, -0.25) is 35.9 Å². The summed E-state index contributed by atoms with van der Waals surface area (Å²) in [5.74, 6) is 0. The summed E-state index contributed by atoms with van der Waals surface area (Å²) in [5.41, 5.74) is 1.08. The van der Waals surface area contributed by atoms with Gasteiger partial charge in [0.1, 0.15) is 0 Å². The summed E-state index contributed by atoms with van der Waals surface area (Å²) in [6, 6.07) is 11.6. The molecule has 0 amide bonds. The molecule has 0 aromatic heterocycles. The Hall–Kier alpha value is 1.17. The number of rotatable bonds is 1. The summed E-state index contributed by atoms with van der Waals surface area (Å²) >= 11 is 0. The minimum atomic E-state index is 0. The molecule has 52 valence electrons. The minimum Gasteiger partial charge on any atom is -0.286 e. The van der Waals surface area contributed by atoms with E-state index < -0.39 is 0 Å². The van der Waals surface area contributed by atoms with E-state index in [0.717, 1.165) is 5.56 Å². The van der Waals surface area contributed by atoms with Gasteiger partial charge in [-0.1, -0.05) is 6.92 Å². The van der Waals surface area contributed by atoms with Gasteiger partial charge >= 0.3 is 0 Å². The molecule has 0 saturated carbocycles. The standard InChI is InChI=1S/C9H8.2Y/c1-2-6-9-7-4-3-5-8-9;;/h2-4,6,8H,1H3;;/q-2;;/b6-2+;;. The fraction of sp³-hybridized carbons (Fsp3) is 0.111. The fourth-order valence-corrected chi connectivity index (χ4v) is 0.641. The monoisotopic (exact) mass is 294 g/mol. The van der Waals surface area contributed by atoms with Gasteiger partial charge in [0.15, 0.2) is 0 Å². The zero-order valence-electron chi connectivity index (χ0n) is 6.54. The molecule has 11 heavy (non-hydrogen) atoms. The Labute approximate surface area is 119 Å². The number of hydrogen-bond donors (Lipinski definition) is 0. The van der Waals surface area contributed by atoms with E-state index in [0.29, 0.717) is 0 Å². The summed E-state index contributed by atoms with van der Waals surface area (Å²) in [6.07, 6.45) is 3.98. The van der Waals surface area contributed by atoms with E-state index in [4.69, 9.17) is 0 Å². The molecule has 0 aliphatic rings. The van der Waals surface area contributed by atoms with Crippen LogP contribution in [0.25, 0.3) is 6.08 Å². The molecule has 0 N–H and O–H groups in total. The zero-order chi connectivity index (χ0) is 6.53. The van der Waals surface area contributed by atoms with Gasteiger partial charge in [-0.2, -0.15) is 6.08 Å². The Kier molecular flexibility index (Phi) is 12.4. The van der Waals surface area contributed by atoms with E-state index >= 15 is 0 Å². The van der Waals surface area contributed by atoms with Gasteiger partial charge in [0.2, 0.25) is 0 Å². The summed E-state index contributed by atoms with van der Waals surface area (Å²) in [6.45, 7) is 1.99. The molecule has 1 rings (SSSR count). The second kappa shape index (κ2) is 9.26. The van der Waals surface area contributed by atoms with Crippen molar-refractivity contribution in [3.63, 3.8) is 0 Å². The van der Waals surface area contributed by atoms with Crippen LogP contribution in [-0.2, 0) is 65.4 Å². The van der Waals surface area contributed by atoms with Gasteiger partial charge in [0.05, 0.1) is 0 Å². The molecular formula is C9H8Y2-2. The molecule has 0 spiro atoms. The topological polar surface area (TPSA) is 0 Å². The van der Waals surface area contributed by atoms with Crippen molar-refractivity contribution >= 4 is 6.08 Å². The van der Waals surface area contributed by atoms with Crippen LogP contribution >= 0.6 is 0 Å². The van der Waals surface area contributed by atoms with Crippen molar-refractivity contribution in [2.24, 2.45) is 0 Å². The predicted octanol–water partition coefficient (Wildman–Crippen LogP) is 2.32. The van der Waals surface area contributed by atoms with Crippen molar-refractivity contribution in [1.82, 2.24) is 0 Å². The predicted molar refractivity (Wildman–Crippen MR) is 38.8 cm³/mol. The molecule has 0 atom stereocenters. The van der Waals surface area contributed by atoms with Crippen LogP contribution in [0.5, 0.6) is 0 Å². The van der Waals surface area contributed by atoms with Crippen LogP contribution in [0, 0.1) is 12.1 Å². The Morgan fingerprint density at radius 1 is 1.27 bits per heavy atom. The summed E-state index contributed by atoms with van der Waals surface area (Å²) in [5, 5.41) is 0. The smallest absolute Gasteiger partial charge is 0 e. The maximum absolute atomic E-state index is 3.05. The van der Waals surface area contributed by atoms with E-state index in [-0.39, 0.29) is 65.4 Å². The van der Waals surface area contributed by atoms with Gasteiger partial charge in [-0.15, -0.1) is 6.08 Å². The van der Waals surface area contributed by atoms with Gasteiger partial charge in [-0.05, 0) is 0 Å². The molecule has 2 radical (unpaired) electrons. The van der Waals surface area contributed by atoms with E-state index in [1.54, 1.807) is 0 Å². The Bertz CT molecular complexity index is 192. The van der Waals surface area contributed by atoms with Crippen molar-refractivity contribution in [3.05, 3.63) is 42.0 Å². The maximum Gasteiger partial charge on any atom is 0 e. The molecule has 0 bridgehead atoms. The van der Waals surface area contributed by atoms with Crippen LogP contribution in [-0.4, -0.2) is 0 Å². The van der Waals surface area contributed by atoms with Crippen LogP contribution in [0.4, 0.5) is 0 Å². The van der Waals surface area contributed by atoms with Crippen LogP contribution in [0.1, 0.15) is 12.5 Å². The Morgan fingerprint density at radius 2 is 2.00 bits per heavy atom. The molecule has 0 aliphatic heterocycles. The Morgan fingerprint density at radius 3 is 2.45 bits per heavy atom. The van der Waals surface area contributed by atoms with Crippen molar-refractivity contribution in [1.29, 1.82) is 0 Å². The molecule has 0 nitrogen and oxygen atoms in total. The van der Waals surface area contributed by atoms with E-state index in [2.05, 4.69) is 12.1 Å². The van der Waals surface area contributed by atoms with E-state index in [1.165, 1.54) is 0 Å². The van der Waals surface area contributed by atoms with Crippen LogP contribution < -0.4 is 0 Å². The quantitative estimate of drug-likeness (QED) is 0.697. The summed E-state index contributed by atoms with van der Waals surface area (Å²) in [7, 11) is 0. The molecule has 1 aromatic rings. The third-order valence-corrected chi connectivity index (χ3v) is 1.01. The van der Waals surface area contributed by atoms with Crippen molar-refractivity contribution in [2.75, 3.05) is 0 Å². The van der Waals surface area contributed by atoms with Gasteiger partial charge in [0.25, 0.3) is 0 Å². The average molecular weight is 294 g/mol. The second-order valence-corrected chi connectivity index (χ2v) is 1.74. The normalized spacial score (nSPS) is 8.45. The number of allylic oxidation sites excluding steroid dienone is 1. The minimum absolute atomic E-state index is 0. The molecule has 0 saturated heterocycles. The summed E-state index contributed by atoms with van der Waals surface area (Å²) < 4.78 is 0. The van der Waals surface area contributed by atoms with Crippen molar-refractivity contribution < 1.29 is 65.4 Å². The van der Waals surface area contributed by atoms with Crippen LogP contribution in [0.3, 0.4) is 0 Å². The number of hydrogen-bond acceptors (Lipinski definition) is 0. The van der Waals surface area contributed by atoms with Crippen LogP contribution in [0.15, 0.2) is 24.3 Å². The second-order valence-electron chi connectivity index (χ2n) is 1.74. The fourth-order valence-electron chi connectivity index (χ4n) is 0.641. The molecule has 1 aromatic carbocycles. The zero-order valence-corrected chi connectivity index (χ0v) is 12.2. The van der Waals surface area contributed by atoms with Gasteiger partial charge in [-0.25, -0.2) is 0 Å². The van der Waals surface area contributed by atoms with Crippen molar-refractivity contribution in [2.45, 2.75) is 6.92 Å². The molecule has 2 heteroatoms. The Balaban J connectivity index is 0. The third kappa shape index (κ3) is 6.34. The molecule has 0 unspecified atom stereocenters. The molecule has 0 aliphatic carbocycles. The first-order chi connectivity index (χ1) is 4.43. The average Bonchev–Trinajstić information content (AvgIpc) is 1.91. The van der Waals surface area contributed by atoms with Gasteiger partial charge in [0, 0.05) is 65.4 Å². The van der Waals surface area contributed by atoms with Crippen LogP contribution in [0.2, 0.25) is 0 Å². The number of benzene rings is 1. The molecule has 0 fully saturated rings. The first kappa shape index (κ1) is 14.7. The summed E-state index contributed by atoms with van der Waals surface area (Å²) in [4.78, 5) is 0. The third-order valence-electron chi connectivity index (χ3n) is 1.01. The first-order valence-corrected chi connectivity index (χ1v) is 2.94. The molecule has 0 heterocycles. The van der Waals surface area contributed by atoms with Crippen molar-refractivity contribution in [3.8, 4) is 0 Å². The SMILES string of the molecule is C/C=C/c1[c-]cc[c-]c1.[Y].[Y]. The first-order valence-electron chi connectivity index (χ1n) is 2.94. The molecular weight excluding hydrogens is 286 g/mol.